The molecule has 2 rings (SSSR count). The Kier molecular flexibility index (Phi) is 4.01. The summed E-state index contributed by atoms with van der Waals surface area (Å²) >= 11 is 0. The second kappa shape index (κ2) is 5.58. The SMILES string of the molecule is NC1=N[C@](CF)(c2cc([N+](=O)[O-])ccc2F)C[C@@H](CF)O1. The van der Waals surface area contributed by atoms with Gasteiger partial charge in [-0.3, -0.25) is 10.1 Å². The van der Waals surface area contributed by atoms with Crippen LogP contribution >= 0.6 is 0 Å². The molecule has 1 aromatic rings. The number of amidine groups is 1. The van der Waals surface area contributed by atoms with Gasteiger partial charge in [0.05, 0.1) is 4.92 Å². The molecular formula is C12H12F3N3O3. The summed E-state index contributed by atoms with van der Waals surface area (Å²) in [6, 6.07) is 2.19. The molecule has 1 aliphatic rings. The quantitative estimate of drug-likeness (QED) is 0.680. The number of halogens is 3. The van der Waals surface area contributed by atoms with Crippen molar-refractivity contribution in [2.75, 3.05) is 13.3 Å². The molecule has 1 heterocycles. The third-order valence-electron chi connectivity index (χ3n) is 3.23. The van der Waals surface area contributed by atoms with Crippen molar-refractivity contribution in [1.82, 2.24) is 0 Å². The Balaban J connectivity index is 2.57. The number of non-ortho nitro benzene ring substituents is 1. The van der Waals surface area contributed by atoms with Gasteiger partial charge in [0.2, 0.25) is 0 Å². The van der Waals surface area contributed by atoms with Gasteiger partial charge in [0, 0.05) is 24.1 Å². The van der Waals surface area contributed by atoms with Crippen LogP contribution in [0, 0.1) is 15.9 Å². The normalized spacial score (nSPS) is 25.1. The second-order valence-corrected chi connectivity index (χ2v) is 4.63. The van der Waals surface area contributed by atoms with Gasteiger partial charge in [0.25, 0.3) is 11.7 Å². The molecule has 21 heavy (non-hydrogen) atoms. The molecule has 0 aliphatic carbocycles. The standard InChI is InChI=1S/C12H12F3N3O3/c13-5-8-4-12(6-14,17-11(16)21-8)9-3-7(18(19)20)1-2-10(9)15/h1-3,8H,4-6H2,(H2,16,17)/t8-,12+/m0/s1. The fourth-order valence-corrected chi connectivity index (χ4v) is 2.27. The molecule has 0 aromatic heterocycles. The molecule has 2 N–H and O–H groups in total. The lowest BCUT2D eigenvalue weighted by molar-refractivity contribution is -0.385. The maximum absolute atomic E-state index is 14.0. The van der Waals surface area contributed by atoms with Gasteiger partial charge in [0.1, 0.15) is 30.8 Å². The molecule has 0 spiro atoms. The number of nitrogens with zero attached hydrogens (tertiary/aromatic N) is 2. The minimum absolute atomic E-state index is 0.307. The highest BCUT2D eigenvalue weighted by Gasteiger charge is 2.42. The summed E-state index contributed by atoms with van der Waals surface area (Å²) in [6.45, 7) is -2.15. The summed E-state index contributed by atoms with van der Waals surface area (Å²) in [5, 5.41) is 10.8. The van der Waals surface area contributed by atoms with Crippen molar-refractivity contribution in [2.45, 2.75) is 18.1 Å². The van der Waals surface area contributed by atoms with Crippen molar-refractivity contribution in [2.24, 2.45) is 10.7 Å². The van der Waals surface area contributed by atoms with E-state index in [4.69, 9.17) is 10.5 Å². The van der Waals surface area contributed by atoms with E-state index < -0.39 is 47.4 Å². The topological polar surface area (TPSA) is 90.8 Å². The Labute approximate surface area is 117 Å². The van der Waals surface area contributed by atoms with E-state index in [1.165, 1.54) is 0 Å². The zero-order valence-electron chi connectivity index (χ0n) is 10.8. The molecule has 0 unspecified atom stereocenters. The molecule has 0 saturated heterocycles. The number of hydrogen-bond donors (Lipinski definition) is 1. The Morgan fingerprint density at radius 3 is 2.81 bits per heavy atom. The number of nitro groups is 1. The average Bonchev–Trinajstić information content (AvgIpc) is 2.46. The van der Waals surface area contributed by atoms with Gasteiger partial charge in [-0.1, -0.05) is 0 Å². The maximum atomic E-state index is 14.0. The van der Waals surface area contributed by atoms with Gasteiger partial charge >= 0.3 is 0 Å². The van der Waals surface area contributed by atoms with Gasteiger partial charge in [-0.15, -0.1) is 0 Å². The molecule has 9 heteroatoms. The van der Waals surface area contributed by atoms with Crippen LogP contribution in [0.15, 0.2) is 23.2 Å². The van der Waals surface area contributed by atoms with Gasteiger partial charge in [0.15, 0.2) is 0 Å². The molecule has 0 bridgehead atoms. The van der Waals surface area contributed by atoms with Crippen LogP contribution in [0.5, 0.6) is 0 Å². The lowest BCUT2D eigenvalue weighted by Crippen LogP contribution is -2.43. The number of hydrogen-bond acceptors (Lipinski definition) is 5. The number of aliphatic imine (C=N–C) groups is 1. The minimum Gasteiger partial charge on any atom is -0.459 e. The zero-order chi connectivity index (χ0) is 15.6. The van der Waals surface area contributed by atoms with Crippen molar-refractivity contribution >= 4 is 11.7 Å². The number of nitro benzene ring substituents is 1. The van der Waals surface area contributed by atoms with Crippen LogP contribution in [0.3, 0.4) is 0 Å². The average molecular weight is 303 g/mol. The van der Waals surface area contributed by atoms with Crippen LogP contribution in [0.4, 0.5) is 18.9 Å². The second-order valence-electron chi connectivity index (χ2n) is 4.63. The monoisotopic (exact) mass is 303 g/mol. The van der Waals surface area contributed by atoms with Gasteiger partial charge < -0.3 is 10.5 Å². The Morgan fingerprint density at radius 1 is 1.52 bits per heavy atom. The summed E-state index contributed by atoms with van der Waals surface area (Å²) in [5.74, 6) is -0.880. The van der Waals surface area contributed by atoms with E-state index in [1.807, 2.05) is 0 Å². The van der Waals surface area contributed by atoms with E-state index in [0.717, 1.165) is 18.2 Å². The van der Waals surface area contributed by atoms with Crippen molar-refractivity contribution in [3.8, 4) is 0 Å². The summed E-state index contributed by atoms with van der Waals surface area (Å²) in [7, 11) is 0. The third kappa shape index (κ3) is 2.76. The highest BCUT2D eigenvalue weighted by atomic mass is 19.1. The van der Waals surface area contributed by atoms with Crippen molar-refractivity contribution in [1.29, 1.82) is 0 Å². The highest BCUT2D eigenvalue weighted by molar-refractivity contribution is 5.73. The largest absolute Gasteiger partial charge is 0.459 e. The van der Waals surface area contributed by atoms with Crippen LogP contribution in [-0.4, -0.2) is 30.4 Å². The zero-order valence-corrected chi connectivity index (χ0v) is 10.8. The number of rotatable bonds is 4. The van der Waals surface area contributed by atoms with E-state index in [0.29, 0.717) is 0 Å². The first-order valence-electron chi connectivity index (χ1n) is 6.00. The Hall–Kier alpha value is -2.32. The number of ether oxygens (including phenoxy) is 1. The first-order chi connectivity index (χ1) is 9.91. The molecule has 0 radical (unpaired) electrons. The third-order valence-corrected chi connectivity index (χ3v) is 3.23. The summed E-state index contributed by atoms with van der Waals surface area (Å²) in [4.78, 5) is 13.8. The first kappa shape index (κ1) is 15.1. The fraction of sp³-hybridized carbons (Fsp3) is 0.417. The van der Waals surface area contributed by atoms with Gasteiger partial charge in [-0.05, 0) is 6.07 Å². The molecular weight excluding hydrogens is 291 g/mol. The number of benzene rings is 1. The molecule has 0 amide bonds. The molecule has 0 fully saturated rings. The fourth-order valence-electron chi connectivity index (χ4n) is 2.27. The van der Waals surface area contributed by atoms with E-state index in [9.17, 15) is 23.3 Å². The van der Waals surface area contributed by atoms with Crippen molar-refractivity contribution in [3.05, 3.63) is 39.7 Å². The van der Waals surface area contributed by atoms with Crippen LogP contribution in [-0.2, 0) is 10.3 Å². The predicted molar refractivity (Wildman–Crippen MR) is 67.8 cm³/mol. The maximum Gasteiger partial charge on any atom is 0.283 e. The smallest absolute Gasteiger partial charge is 0.283 e. The van der Waals surface area contributed by atoms with E-state index in [1.54, 1.807) is 0 Å². The predicted octanol–water partition coefficient (Wildman–Crippen LogP) is 1.97. The van der Waals surface area contributed by atoms with Crippen molar-refractivity contribution < 1.29 is 22.8 Å². The Bertz CT molecular complexity index is 596. The number of alkyl halides is 2. The summed E-state index contributed by atoms with van der Waals surface area (Å²) in [5.41, 5.74) is 2.79. The highest BCUT2D eigenvalue weighted by Crippen LogP contribution is 2.38. The molecule has 1 aliphatic heterocycles. The lowest BCUT2D eigenvalue weighted by Gasteiger charge is -2.34. The molecule has 114 valence electrons. The van der Waals surface area contributed by atoms with Crippen LogP contribution < -0.4 is 5.73 Å². The molecule has 1 aromatic carbocycles. The van der Waals surface area contributed by atoms with Crippen LogP contribution in [0.2, 0.25) is 0 Å². The van der Waals surface area contributed by atoms with Gasteiger partial charge in [-0.2, -0.15) is 0 Å². The first-order valence-corrected chi connectivity index (χ1v) is 6.00. The van der Waals surface area contributed by atoms with Crippen LogP contribution in [0.1, 0.15) is 12.0 Å². The molecule has 0 saturated carbocycles. The van der Waals surface area contributed by atoms with E-state index in [2.05, 4.69) is 4.99 Å². The van der Waals surface area contributed by atoms with Crippen LogP contribution in [0.25, 0.3) is 0 Å². The van der Waals surface area contributed by atoms with Gasteiger partial charge in [-0.25, -0.2) is 18.2 Å². The van der Waals surface area contributed by atoms with E-state index >= 15 is 0 Å². The molecule has 2 atom stereocenters. The molecule has 6 nitrogen and oxygen atoms in total. The number of nitrogens with two attached hydrogens (primary N) is 1. The summed E-state index contributed by atoms with van der Waals surface area (Å²) in [6.07, 6.45) is -1.39. The van der Waals surface area contributed by atoms with Crippen molar-refractivity contribution in [3.63, 3.8) is 0 Å². The minimum atomic E-state index is -1.82. The Morgan fingerprint density at radius 2 is 2.24 bits per heavy atom. The lowest BCUT2D eigenvalue weighted by atomic mass is 9.85. The van der Waals surface area contributed by atoms with E-state index in [-0.39, 0.29) is 12.0 Å². The summed E-state index contributed by atoms with van der Waals surface area (Å²) < 4.78 is 45.2.